The van der Waals surface area contributed by atoms with Crippen molar-refractivity contribution in [2.75, 3.05) is 13.1 Å². The average Bonchev–Trinajstić information content (AvgIpc) is 3.22. The number of piperidine rings is 1. The summed E-state index contributed by atoms with van der Waals surface area (Å²) in [5, 5.41) is 5.13. The fraction of sp³-hybridized carbons (Fsp3) is 0.273. The first-order valence-corrected chi connectivity index (χ1v) is 11.3. The van der Waals surface area contributed by atoms with Crippen LogP contribution in [0.5, 0.6) is 0 Å². The fourth-order valence-corrected chi connectivity index (χ4v) is 4.88. The molecular weight excluding hydrogens is 405 g/mol. The summed E-state index contributed by atoms with van der Waals surface area (Å²) < 4.78 is 46.2. The van der Waals surface area contributed by atoms with Gasteiger partial charge in [0.1, 0.15) is 5.82 Å². The molecule has 1 saturated heterocycles. The zero-order valence-electron chi connectivity index (χ0n) is 16.3. The number of hydrogen-bond donors (Lipinski definition) is 0. The number of halogens is 1. The number of aromatic nitrogens is 2. The predicted octanol–water partition coefficient (Wildman–Crippen LogP) is 4.13. The standard InChI is InChI=1S/C22H22FN3O3S/c23-20-11-5-4-10-19(20)22-24-21(29-25-22)15-18-9-6-13-26(16-18)30(27,28)14-12-17-7-2-1-3-8-17/h1-5,7-8,10-12,14,18H,6,9,13,15-16H2. The molecular formula is C22H22FN3O3S. The Balaban J connectivity index is 1.42. The quantitative estimate of drug-likeness (QED) is 0.591. The third kappa shape index (κ3) is 4.83. The zero-order valence-corrected chi connectivity index (χ0v) is 17.1. The van der Waals surface area contributed by atoms with Gasteiger partial charge in [-0.1, -0.05) is 47.6 Å². The van der Waals surface area contributed by atoms with Gasteiger partial charge in [0, 0.05) is 24.9 Å². The Morgan fingerprint density at radius 1 is 1.13 bits per heavy atom. The highest BCUT2D eigenvalue weighted by Crippen LogP contribution is 2.25. The monoisotopic (exact) mass is 427 g/mol. The van der Waals surface area contributed by atoms with Gasteiger partial charge < -0.3 is 4.52 Å². The van der Waals surface area contributed by atoms with Crippen LogP contribution >= 0.6 is 0 Å². The van der Waals surface area contributed by atoms with E-state index in [4.69, 9.17) is 4.52 Å². The normalized spacial score (nSPS) is 18.1. The van der Waals surface area contributed by atoms with Crippen molar-refractivity contribution in [3.05, 3.63) is 77.3 Å². The van der Waals surface area contributed by atoms with Crippen LogP contribution in [0.3, 0.4) is 0 Å². The lowest BCUT2D eigenvalue weighted by Gasteiger charge is -2.30. The van der Waals surface area contributed by atoms with E-state index in [2.05, 4.69) is 10.1 Å². The summed E-state index contributed by atoms with van der Waals surface area (Å²) in [6, 6.07) is 15.6. The molecule has 1 aliphatic heterocycles. The van der Waals surface area contributed by atoms with Gasteiger partial charge in [-0.15, -0.1) is 0 Å². The molecule has 0 N–H and O–H groups in total. The van der Waals surface area contributed by atoms with E-state index in [1.807, 2.05) is 30.3 Å². The highest BCUT2D eigenvalue weighted by Gasteiger charge is 2.28. The number of hydrogen-bond acceptors (Lipinski definition) is 5. The van der Waals surface area contributed by atoms with Crippen molar-refractivity contribution >= 4 is 16.1 Å². The van der Waals surface area contributed by atoms with E-state index in [1.165, 1.54) is 15.8 Å². The third-order valence-electron chi connectivity index (χ3n) is 5.12. The second kappa shape index (κ2) is 8.89. The van der Waals surface area contributed by atoms with Crippen molar-refractivity contribution in [3.63, 3.8) is 0 Å². The molecule has 8 heteroatoms. The molecule has 156 valence electrons. The van der Waals surface area contributed by atoms with Crippen LogP contribution in [0.4, 0.5) is 4.39 Å². The van der Waals surface area contributed by atoms with Gasteiger partial charge in [-0.25, -0.2) is 12.8 Å². The molecule has 2 heterocycles. The lowest BCUT2D eigenvalue weighted by molar-refractivity contribution is 0.248. The maximum absolute atomic E-state index is 13.9. The van der Waals surface area contributed by atoms with Crippen LogP contribution in [0, 0.1) is 11.7 Å². The van der Waals surface area contributed by atoms with Crippen LogP contribution in [-0.4, -0.2) is 36.0 Å². The van der Waals surface area contributed by atoms with Crippen molar-refractivity contribution in [1.82, 2.24) is 14.4 Å². The Hall–Kier alpha value is -2.84. The maximum Gasteiger partial charge on any atom is 0.236 e. The SMILES string of the molecule is O=S(=O)(C=Cc1ccccc1)N1CCCC(Cc2nc(-c3ccccc3F)no2)C1. The average molecular weight is 428 g/mol. The van der Waals surface area contributed by atoms with Crippen LogP contribution in [0.25, 0.3) is 17.5 Å². The molecule has 0 spiro atoms. The smallest absolute Gasteiger partial charge is 0.236 e. The zero-order chi connectivity index (χ0) is 21.0. The second-order valence-corrected chi connectivity index (χ2v) is 9.14. The van der Waals surface area contributed by atoms with E-state index in [1.54, 1.807) is 24.3 Å². The van der Waals surface area contributed by atoms with Gasteiger partial charge in [0.2, 0.25) is 21.7 Å². The number of benzene rings is 2. The Bertz CT molecular complexity index is 1130. The van der Waals surface area contributed by atoms with Crippen molar-refractivity contribution in [2.24, 2.45) is 5.92 Å². The van der Waals surface area contributed by atoms with E-state index in [9.17, 15) is 12.8 Å². The Kier molecular flexibility index (Phi) is 6.06. The van der Waals surface area contributed by atoms with Gasteiger partial charge in [-0.05, 0) is 42.5 Å². The molecule has 0 bridgehead atoms. The molecule has 0 amide bonds. The largest absolute Gasteiger partial charge is 0.339 e. The summed E-state index contributed by atoms with van der Waals surface area (Å²) in [5.41, 5.74) is 1.12. The number of nitrogens with zero attached hydrogens (tertiary/aromatic N) is 3. The molecule has 1 unspecified atom stereocenters. The molecule has 1 fully saturated rings. The second-order valence-electron chi connectivity index (χ2n) is 7.32. The van der Waals surface area contributed by atoms with Crippen molar-refractivity contribution < 1.29 is 17.3 Å². The van der Waals surface area contributed by atoms with Gasteiger partial charge >= 0.3 is 0 Å². The summed E-state index contributed by atoms with van der Waals surface area (Å²) in [6.07, 6.45) is 3.69. The first-order valence-electron chi connectivity index (χ1n) is 9.82. The van der Waals surface area contributed by atoms with Crippen LogP contribution in [0.2, 0.25) is 0 Å². The topological polar surface area (TPSA) is 76.3 Å². The van der Waals surface area contributed by atoms with Gasteiger partial charge in [-0.3, -0.25) is 0 Å². The van der Waals surface area contributed by atoms with Crippen molar-refractivity contribution in [1.29, 1.82) is 0 Å². The third-order valence-corrected chi connectivity index (χ3v) is 6.65. The van der Waals surface area contributed by atoms with E-state index in [0.717, 1.165) is 18.4 Å². The summed E-state index contributed by atoms with van der Waals surface area (Å²) in [5.74, 6) is 0.240. The van der Waals surface area contributed by atoms with Gasteiger partial charge in [-0.2, -0.15) is 9.29 Å². The molecule has 1 atom stereocenters. The van der Waals surface area contributed by atoms with Crippen molar-refractivity contribution in [3.8, 4) is 11.4 Å². The summed E-state index contributed by atoms with van der Waals surface area (Å²) >= 11 is 0. The van der Waals surface area contributed by atoms with Crippen LogP contribution in [0.15, 0.2) is 64.5 Å². The Morgan fingerprint density at radius 3 is 2.70 bits per heavy atom. The molecule has 6 nitrogen and oxygen atoms in total. The summed E-state index contributed by atoms with van der Waals surface area (Å²) in [6.45, 7) is 0.876. The molecule has 30 heavy (non-hydrogen) atoms. The summed E-state index contributed by atoms with van der Waals surface area (Å²) in [4.78, 5) is 4.30. The molecule has 0 saturated carbocycles. The lowest BCUT2D eigenvalue weighted by atomic mass is 9.96. The first kappa shape index (κ1) is 20.4. The van der Waals surface area contributed by atoms with E-state index >= 15 is 0 Å². The summed E-state index contributed by atoms with van der Waals surface area (Å²) in [7, 11) is -3.51. The van der Waals surface area contributed by atoms with Crippen LogP contribution in [0.1, 0.15) is 24.3 Å². The molecule has 0 radical (unpaired) electrons. The Labute approximate surface area is 175 Å². The van der Waals surface area contributed by atoms with E-state index < -0.39 is 15.8 Å². The van der Waals surface area contributed by atoms with E-state index in [-0.39, 0.29) is 17.3 Å². The fourth-order valence-electron chi connectivity index (χ4n) is 3.58. The number of sulfonamides is 1. The number of rotatable bonds is 6. The molecule has 4 rings (SSSR count). The van der Waals surface area contributed by atoms with Crippen molar-refractivity contribution in [2.45, 2.75) is 19.3 Å². The van der Waals surface area contributed by atoms with Crippen LogP contribution < -0.4 is 0 Å². The van der Waals surface area contributed by atoms with E-state index in [0.29, 0.717) is 25.4 Å². The highest BCUT2D eigenvalue weighted by atomic mass is 32.2. The Morgan fingerprint density at radius 2 is 1.90 bits per heavy atom. The minimum absolute atomic E-state index is 0.0626. The van der Waals surface area contributed by atoms with Gasteiger partial charge in [0.15, 0.2) is 0 Å². The minimum Gasteiger partial charge on any atom is -0.339 e. The predicted molar refractivity (Wildman–Crippen MR) is 112 cm³/mol. The van der Waals surface area contributed by atoms with Gasteiger partial charge in [0.25, 0.3) is 0 Å². The van der Waals surface area contributed by atoms with Crippen LogP contribution in [-0.2, 0) is 16.4 Å². The molecule has 1 aromatic heterocycles. The molecule has 1 aliphatic rings. The molecule has 2 aromatic carbocycles. The minimum atomic E-state index is -3.51. The maximum atomic E-state index is 13.9. The molecule has 0 aliphatic carbocycles. The lowest BCUT2D eigenvalue weighted by Crippen LogP contribution is -2.39. The first-order chi connectivity index (χ1) is 14.5. The van der Waals surface area contributed by atoms with Gasteiger partial charge in [0.05, 0.1) is 5.56 Å². The highest BCUT2D eigenvalue weighted by molar-refractivity contribution is 7.92. The molecule has 3 aromatic rings.